The molecule has 0 bridgehead atoms. The summed E-state index contributed by atoms with van der Waals surface area (Å²) in [5, 5.41) is 13.1. The summed E-state index contributed by atoms with van der Waals surface area (Å²) in [7, 11) is 1.63. The number of aromatic nitrogens is 4. The lowest BCUT2D eigenvalue weighted by atomic mass is 9.90. The third-order valence-corrected chi connectivity index (χ3v) is 6.25. The molecule has 1 saturated carbocycles. The van der Waals surface area contributed by atoms with Gasteiger partial charge in [-0.25, -0.2) is 14.6 Å². The quantitative estimate of drug-likeness (QED) is 0.531. The average Bonchev–Trinajstić information content (AvgIpc) is 3.12. The van der Waals surface area contributed by atoms with E-state index in [4.69, 9.17) is 31.4 Å². The number of hydrogen-bond acceptors (Lipinski definition) is 6. The first-order valence-electron chi connectivity index (χ1n) is 11.4. The van der Waals surface area contributed by atoms with E-state index in [1.807, 2.05) is 45.0 Å². The third-order valence-electron chi connectivity index (χ3n) is 6.01. The average molecular weight is 471 g/mol. The van der Waals surface area contributed by atoms with Crippen molar-refractivity contribution in [3.63, 3.8) is 0 Å². The van der Waals surface area contributed by atoms with Crippen LogP contribution in [0.2, 0.25) is 5.02 Å². The van der Waals surface area contributed by atoms with Crippen molar-refractivity contribution in [3.8, 4) is 5.69 Å². The van der Waals surface area contributed by atoms with E-state index in [2.05, 4.69) is 10.6 Å². The molecule has 1 aromatic carbocycles. The zero-order chi connectivity index (χ0) is 23.5. The number of aryl methyl sites for hydroxylation is 1. The Morgan fingerprint density at radius 2 is 1.94 bits per heavy atom. The Kier molecular flexibility index (Phi) is 7.14. The number of anilines is 1. The number of methoxy groups -OCH3 is 1. The predicted molar refractivity (Wildman–Crippen MR) is 130 cm³/mol. The van der Waals surface area contributed by atoms with Gasteiger partial charge in [-0.2, -0.15) is 5.10 Å². The predicted octanol–water partition coefficient (Wildman–Crippen LogP) is 4.42. The molecule has 2 N–H and O–H groups in total. The number of amides is 1. The van der Waals surface area contributed by atoms with Crippen LogP contribution in [0.3, 0.4) is 0 Å². The molecule has 1 aliphatic carbocycles. The molecular formula is C24H31ClN6O2. The molecule has 8 nitrogen and oxygen atoms in total. The number of rotatable bonds is 7. The third kappa shape index (κ3) is 5.28. The highest BCUT2D eigenvalue weighted by Gasteiger charge is 2.25. The van der Waals surface area contributed by atoms with Crippen LogP contribution in [0, 0.1) is 12.8 Å². The minimum atomic E-state index is 0.00774. The van der Waals surface area contributed by atoms with Gasteiger partial charge in [0, 0.05) is 30.1 Å². The fourth-order valence-corrected chi connectivity index (χ4v) is 4.44. The highest BCUT2D eigenvalue weighted by atomic mass is 35.5. The zero-order valence-corrected chi connectivity index (χ0v) is 20.3. The second-order valence-corrected chi connectivity index (χ2v) is 9.39. The maximum absolute atomic E-state index is 12.0. The van der Waals surface area contributed by atoms with E-state index in [-0.39, 0.29) is 23.9 Å². The summed E-state index contributed by atoms with van der Waals surface area (Å²) >= 11 is 6.22. The molecule has 0 saturated heterocycles. The number of ether oxygens (including phenoxy) is 1. The molecule has 9 heteroatoms. The summed E-state index contributed by atoms with van der Waals surface area (Å²) in [6, 6.07) is 8.05. The summed E-state index contributed by atoms with van der Waals surface area (Å²) in [6.07, 6.45) is 3.79. The molecule has 0 spiro atoms. The van der Waals surface area contributed by atoms with Gasteiger partial charge in [-0.05, 0) is 50.8 Å². The molecule has 2 heterocycles. The van der Waals surface area contributed by atoms with Crippen LogP contribution in [0.1, 0.15) is 51.0 Å². The second kappa shape index (κ2) is 10.1. The molecule has 1 fully saturated rings. The van der Waals surface area contributed by atoms with Crippen LogP contribution in [-0.4, -0.2) is 44.8 Å². The normalized spacial score (nSPS) is 18.6. The van der Waals surface area contributed by atoms with E-state index in [0.717, 1.165) is 53.9 Å². The fraction of sp³-hybridized carbons (Fsp3) is 0.500. The lowest BCUT2D eigenvalue weighted by molar-refractivity contribution is -0.124. The first-order chi connectivity index (χ1) is 15.9. The largest absolute Gasteiger partial charge is 0.377 e. The van der Waals surface area contributed by atoms with Crippen LogP contribution in [0.5, 0.6) is 0 Å². The molecule has 0 unspecified atom stereocenters. The van der Waals surface area contributed by atoms with E-state index in [1.54, 1.807) is 11.8 Å². The highest BCUT2D eigenvalue weighted by molar-refractivity contribution is 6.30. The van der Waals surface area contributed by atoms with Gasteiger partial charge < -0.3 is 15.4 Å². The van der Waals surface area contributed by atoms with Crippen LogP contribution >= 0.6 is 11.6 Å². The van der Waals surface area contributed by atoms with Crippen molar-refractivity contribution in [2.45, 2.75) is 65.1 Å². The van der Waals surface area contributed by atoms with E-state index in [1.165, 1.54) is 0 Å². The van der Waals surface area contributed by atoms with Gasteiger partial charge in [0.2, 0.25) is 5.91 Å². The van der Waals surface area contributed by atoms with Crippen LogP contribution in [0.25, 0.3) is 16.7 Å². The maximum atomic E-state index is 12.0. The van der Waals surface area contributed by atoms with Crippen molar-refractivity contribution < 1.29 is 9.53 Å². The Morgan fingerprint density at radius 3 is 2.61 bits per heavy atom. The fourth-order valence-electron chi connectivity index (χ4n) is 4.26. The molecule has 4 rings (SSSR count). The molecule has 176 valence electrons. The molecule has 1 aliphatic rings. The number of carbonyl (C=O) groups excluding carboxylic acids is 1. The van der Waals surface area contributed by atoms with Gasteiger partial charge in [-0.1, -0.05) is 31.5 Å². The molecule has 2 aromatic heterocycles. The lowest BCUT2D eigenvalue weighted by Gasteiger charge is -2.30. The van der Waals surface area contributed by atoms with Crippen molar-refractivity contribution in [2.75, 3.05) is 12.4 Å². The van der Waals surface area contributed by atoms with Gasteiger partial charge in [-0.15, -0.1) is 0 Å². The van der Waals surface area contributed by atoms with Gasteiger partial charge in [0.15, 0.2) is 11.5 Å². The number of fused-ring (bicyclic) bond motifs is 1. The molecule has 33 heavy (non-hydrogen) atoms. The monoisotopic (exact) mass is 470 g/mol. The van der Waals surface area contributed by atoms with Crippen LogP contribution in [0.4, 0.5) is 5.82 Å². The van der Waals surface area contributed by atoms with Crippen molar-refractivity contribution in [1.29, 1.82) is 0 Å². The number of benzene rings is 1. The van der Waals surface area contributed by atoms with Crippen molar-refractivity contribution in [3.05, 3.63) is 40.8 Å². The molecule has 1 amide bonds. The van der Waals surface area contributed by atoms with Crippen LogP contribution < -0.4 is 10.6 Å². The Balaban J connectivity index is 1.61. The van der Waals surface area contributed by atoms with Gasteiger partial charge in [0.1, 0.15) is 12.4 Å². The Hall–Kier alpha value is -2.71. The number of carbonyl (C=O) groups is 1. The Bertz CT molecular complexity index is 1140. The summed E-state index contributed by atoms with van der Waals surface area (Å²) < 4.78 is 7.13. The summed E-state index contributed by atoms with van der Waals surface area (Å²) in [5.74, 6) is 1.49. The molecule has 0 aliphatic heterocycles. The van der Waals surface area contributed by atoms with Gasteiger partial charge in [0.05, 0.1) is 16.8 Å². The molecule has 3 aromatic rings. The van der Waals surface area contributed by atoms with Gasteiger partial charge >= 0.3 is 0 Å². The number of nitrogens with zero attached hydrogens (tertiary/aromatic N) is 4. The van der Waals surface area contributed by atoms with Crippen molar-refractivity contribution in [2.24, 2.45) is 5.92 Å². The summed E-state index contributed by atoms with van der Waals surface area (Å²) in [6.45, 7) is 6.11. The van der Waals surface area contributed by atoms with Crippen LogP contribution in [0.15, 0.2) is 24.3 Å². The minimum Gasteiger partial charge on any atom is -0.377 e. The van der Waals surface area contributed by atoms with Crippen molar-refractivity contribution >= 4 is 34.4 Å². The number of hydrogen-bond donors (Lipinski definition) is 2. The first kappa shape index (κ1) is 23.4. The second-order valence-electron chi connectivity index (χ2n) is 8.95. The molecular weight excluding hydrogens is 440 g/mol. The van der Waals surface area contributed by atoms with E-state index >= 15 is 0 Å². The SMILES string of the molecule is COCc1nc(NC2CCC(NC(=O)C(C)C)CC2)c2c(C)nn(-c3cccc(Cl)c3)c2n1. The molecule has 0 atom stereocenters. The first-order valence-corrected chi connectivity index (χ1v) is 11.8. The number of nitrogens with one attached hydrogen (secondary N) is 2. The van der Waals surface area contributed by atoms with E-state index in [9.17, 15) is 4.79 Å². The Labute approximate surface area is 199 Å². The van der Waals surface area contributed by atoms with Crippen LogP contribution in [-0.2, 0) is 16.1 Å². The summed E-state index contributed by atoms with van der Waals surface area (Å²) in [4.78, 5) is 21.5. The Morgan fingerprint density at radius 1 is 1.21 bits per heavy atom. The van der Waals surface area contributed by atoms with E-state index in [0.29, 0.717) is 17.5 Å². The number of halogens is 1. The summed E-state index contributed by atoms with van der Waals surface area (Å²) in [5.41, 5.74) is 2.40. The highest BCUT2D eigenvalue weighted by Crippen LogP contribution is 2.30. The minimum absolute atomic E-state index is 0.00774. The van der Waals surface area contributed by atoms with Gasteiger partial charge in [0.25, 0.3) is 0 Å². The van der Waals surface area contributed by atoms with Crippen molar-refractivity contribution in [1.82, 2.24) is 25.1 Å². The zero-order valence-electron chi connectivity index (χ0n) is 19.6. The topological polar surface area (TPSA) is 94.0 Å². The molecule has 0 radical (unpaired) electrons. The van der Waals surface area contributed by atoms with Gasteiger partial charge in [-0.3, -0.25) is 4.79 Å². The van der Waals surface area contributed by atoms with E-state index < -0.39 is 0 Å². The maximum Gasteiger partial charge on any atom is 0.222 e. The lowest BCUT2D eigenvalue weighted by Crippen LogP contribution is -2.41. The smallest absolute Gasteiger partial charge is 0.222 e. The standard InChI is InChI=1S/C24H31ClN6O2/c1-14(2)24(32)27-18-10-8-17(9-11-18)26-22-21-15(3)30-31(19-7-5-6-16(25)12-19)23(21)29-20(28-22)13-33-4/h5-7,12,14,17-18H,8-11,13H2,1-4H3,(H,27,32)(H,26,28,29).